The molecule has 2 saturated heterocycles. The van der Waals surface area contributed by atoms with Gasteiger partial charge in [-0.15, -0.1) is 0 Å². The number of hydrogen-bond acceptors (Lipinski definition) is 5. The third kappa shape index (κ3) is 4.38. The van der Waals surface area contributed by atoms with E-state index in [1.165, 1.54) is 31.9 Å². The molecular formula is C23H32N4O2. The predicted molar refractivity (Wildman–Crippen MR) is 113 cm³/mol. The van der Waals surface area contributed by atoms with E-state index in [0.29, 0.717) is 12.0 Å². The van der Waals surface area contributed by atoms with E-state index in [-0.39, 0.29) is 11.9 Å². The Hall–Kier alpha value is -2.18. The normalized spacial score (nSPS) is 23.0. The van der Waals surface area contributed by atoms with Gasteiger partial charge in [-0.2, -0.15) is 5.10 Å². The van der Waals surface area contributed by atoms with Crippen LogP contribution in [-0.2, 0) is 9.53 Å². The van der Waals surface area contributed by atoms with Crippen molar-refractivity contribution in [1.82, 2.24) is 20.0 Å². The van der Waals surface area contributed by atoms with Crippen LogP contribution in [0.3, 0.4) is 0 Å². The number of benzene rings is 1. The number of ether oxygens (including phenoxy) is 1. The Balaban J connectivity index is 1.56. The molecule has 156 valence electrons. The molecule has 6 nitrogen and oxygen atoms in total. The number of carbonyl (C=O) groups is 1. The summed E-state index contributed by atoms with van der Waals surface area (Å²) in [6.45, 7) is 8.23. The van der Waals surface area contributed by atoms with Crippen molar-refractivity contribution in [3.63, 3.8) is 0 Å². The summed E-state index contributed by atoms with van der Waals surface area (Å²) in [6.07, 6.45) is 4.13. The highest BCUT2D eigenvalue weighted by Crippen LogP contribution is 2.32. The Morgan fingerprint density at radius 3 is 2.86 bits per heavy atom. The van der Waals surface area contributed by atoms with E-state index in [1.54, 1.807) is 0 Å². The number of rotatable bonds is 6. The van der Waals surface area contributed by atoms with Gasteiger partial charge in [0.05, 0.1) is 24.9 Å². The Labute approximate surface area is 173 Å². The number of hydrogen-bond donors (Lipinski definition) is 1. The summed E-state index contributed by atoms with van der Waals surface area (Å²) in [5, 5.41) is 8.34. The minimum atomic E-state index is -0.153. The molecular weight excluding hydrogens is 364 g/mol. The third-order valence-electron chi connectivity index (χ3n) is 6.48. The average Bonchev–Trinajstić information content (AvgIpc) is 3.43. The lowest BCUT2D eigenvalue weighted by Crippen LogP contribution is -2.42. The fraction of sp³-hybridized carbons (Fsp3) is 0.565. The number of nitrogens with zero attached hydrogens (tertiary/aromatic N) is 3. The Kier molecular flexibility index (Phi) is 5.74. The molecule has 2 aliphatic heterocycles. The first-order chi connectivity index (χ1) is 14.0. The van der Waals surface area contributed by atoms with Gasteiger partial charge in [0.1, 0.15) is 0 Å². The molecule has 6 heteroatoms. The molecule has 1 aromatic carbocycles. The van der Waals surface area contributed by atoms with Crippen molar-refractivity contribution in [3.05, 3.63) is 47.3 Å². The monoisotopic (exact) mass is 396 g/mol. The first kappa shape index (κ1) is 20.1. The lowest BCUT2D eigenvalue weighted by Gasteiger charge is -2.27. The average molecular weight is 397 g/mol. The molecule has 1 N–H and O–H groups in total. The van der Waals surface area contributed by atoms with Crippen molar-refractivity contribution in [3.8, 4) is 5.69 Å². The van der Waals surface area contributed by atoms with Crippen LogP contribution in [0.15, 0.2) is 30.3 Å². The number of esters is 1. The minimum Gasteiger partial charge on any atom is -0.469 e. The molecule has 29 heavy (non-hydrogen) atoms. The zero-order valence-corrected chi connectivity index (χ0v) is 17.8. The predicted octanol–water partition coefficient (Wildman–Crippen LogP) is 2.96. The molecule has 1 unspecified atom stereocenters. The molecule has 0 amide bonds. The zero-order valence-electron chi connectivity index (χ0n) is 17.8. The number of nitrogens with one attached hydrogen (secondary N) is 1. The highest BCUT2D eigenvalue weighted by Gasteiger charge is 2.40. The van der Waals surface area contributed by atoms with Crippen LogP contribution >= 0.6 is 0 Å². The molecule has 4 rings (SSSR count). The third-order valence-corrected chi connectivity index (χ3v) is 6.48. The smallest absolute Gasteiger partial charge is 0.306 e. The fourth-order valence-corrected chi connectivity index (χ4v) is 5.02. The molecule has 2 fully saturated rings. The molecule has 0 aliphatic carbocycles. The summed E-state index contributed by atoms with van der Waals surface area (Å²) in [4.78, 5) is 14.7. The molecule has 1 spiro atoms. The second kappa shape index (κ2) is 8.28. The maximum absolute atomic E-state index is 12.2. The van der Waals surface area contributed by atoms with Crippen molar-refractivity contribution in [1.29, 1.82) is 0 Å². The van der Waals surface area contributed by atoms with E-state index in [4.69, 9.17) is 4.74 Å². The Morgan fingerprint density at radius 1 is 1.31 bits per heavy atom. The molecule has 0 saturated carbocycles. The van der Waals surface area contributed by atoms with Gasteiger partial charge in [0.2, 0.25) is 0 Å². The minimum absolute atomic E-state index is 0.107. The van der Waals surface area contributed by atoms with Gasteiger partial charge in [-0.25, -0.2) is 4.68 Å². The SMILES string of the molecule is COC(=O)C[C@H](CN1CCC2(CCCN2)C1)c1cccc(-n2nc(C)cc2C)c1. The van der Waals surface area contributed by atoms with Gasteiger partial charge in [0, 0.05) is 36.8 Å². The molecule has 3 heterocycles. The Morgan fingerprint density at radius 2 is 2.17 bits per heavy atom. The van der Waals surface area contributed by atoms with Crippen molar-refractivity contribution >= 4 is 5.97 Å². The number of aromatic nitrogens is 2. The molecule has 0 radical (unpaired) electrons. The second-order valence-corrected chi connectivity index (χ2v) is 8.71. The van der Waals surface area contributed by atoms with Crippen molar-refractivity contribution in [2.75, 3.05) is 33.3 Å². The van der Waals surface area contributed by atoms with Crippen LogP contribution in [0.25, 0.3) is 5.69 Å². The van der Waals surface area contributed by atoms with Crippen LogP contribution < -0.4 is 5.32 Å². The second-order valence-electron chi connectivity index (χ2n) is 8.71. The van der Waals surface area contributed by atoms with Crippen molar-refractivity contribution in [2.24, 2.45) is 0 Å². The van der Waals surface area contributed by atoms with Gasteiger partial charge in [0.15, 0.2) is 0 Å². The summed E-state index contributed by atoms with van der Waals surface area (Å²) in [7, 11) is 1.47. The van der Waals surface area contributed by atoms with Crippen molar-refractivity contribution in [2.45, 2.75) is 51.0 Å². The summed E-state index contributed by atoms with van der Waals surface area (Å²) >= 11 is 0. The van der Waals surface area contributed by atoms with Gasteiger partial charge in [-0.05, 0) is 63.4 Å². The van der Waals surface area contributed by atoms with Gasteiger partial charge >= 0.3 is 5.97 Å². The van der Waals surface area contributed by atoms with Crippen LogP contribution in [0.2, 0.25) is 0 Å². The zero-order chi connectivity index (χ0) is 20.4. The first-order valence-corrected chi connectivity index (χ1v) is 10.7. The van der Waals surface area contributed by atoms with E-state index in [0.717, 1.165) is 43.3 Å². The van der Waals surface area contributed by atoms with E-state index in [2.05, 4.69) is 52.6 Å². The Bertz CT molecular complexity index is 870. The maximum Gasteiger partial charge on any atom is 0.306 e. The maximum atomic E-state index is 12.2. The summed E-state index contributed by atoms with van der Waals surface area (Å²) < 4.78 is 6.98. The quantitative estimate of drug-likeness (QED) is 0.761. The van der Waals surface area contributed by atoms with Gasteiger partial charge in [-0.1, -0.05) is 12.1 Å². The summed E-state index contributed by atoms with van der Waals surface area (Å²) in [6, 6.07) is 10.5. The topological polar surface area (TPSA) is 59.4 Å². The number of aryl methyl sites for hydroxylation is 2. The largest absolute Gasteiger partial charge is 0.469 e. The molecule has 1 aromatic heterocycles. The van der Waals surface area contributed by atoms with Crippen molar-refractivity contribution < 1.29 is 9.53 Å². The number of methoxy groups -OCH3 is 1. The lowest BCUT2D eigenvalue weighted by molar-refractivity contribution is -0.141. The first-order valence-electron chi connectivity index (χ1n) is 10.7. The van der Waals surface area contributed by atoms with E-state index in [9.17, 15) is 4.79 Å². The number of carbonyl (C=O) groups excluding carboxylic acids is 1. The fourth-order valence-electron chi connectivity index (χ4n) is 5.02. The van der Waals surface area contributed by atoms with Crippen LogP contribution in [0.1, 0.15) is 48.6 Å². The lowest BCUT2D eigenvalue weighted by atomic mass is 9.94. The van der Waals surface area contributed by atoms with E-state index < -0.39 is 0 Å². The highest BCUT2D eigenvalue weighted by molar-refractivity contribution is 5.70. The molecule has 2 aliphatic rings. The molecule has 2 aromatic rings. The van der Waals surface area contributed by atoms with Gasteiger partial charge in [0.25, 0.3) is 0 Å². The van der Waals surface area contributed by atoms with Crippen LogP contribution in [0.4, 0.5) is 0 Å². The summed E-state index contributed by atoms with van der Waals surface area (Å²) in [5.41, 5.74) is 4.61. The summed E-state index contributed by atoms with van der Waals surface area (Å²) in [5.74, 6) is -0.0460. The molecule has 2 atom stereocenters. The van der Waals surface area contributed by atoms with E-state index in [1.807, 2.05) is 11.6 Å². The van der Waals surface area contributed by atoms with E-state index >= 15 is 0 Å². The van der Waals surface area contributed by atoms with Gasteiger partial charge < -0.3 is 15.0 Å². The van der Waals surface area contributed by atoms with Crippen LogP contribution in [0, 0.1) is 13.8 Å². The van der Waals surface area contributed by atoms with Crippen LogP contribution in [-0.4, -0.2) is 59.5 Å². The van der Waals surface area contributed by atoms with Gasteiger partial charge in [-0.3, -0.25) is 4.79 Å². The van der Waals surface area contributed by atoms with Crippen LogP contribution in [0.5, 0.6) is 0 Å². The molecule has 0 bridgehead atoms. The highest BCUT2D eigenvalue weighted by atomic mass is 16.5. The number of likely N-dealkylation sites (tertiary alicyclic amines) is 1. The standard InChI is InChI=1S/C23H32N4O2/c1-17-12-18(2)27(25-17)21-7-4-6-19(13-21)20(14-22(28)29-3)15-26-11-9-23(16-26)8-5-10-24-23/h4,6-7,12-13,20,24H,5,8-11,14-16H2,1-3H3/t20-,23?/m1/s1.